The Bertz CT molecular complexity index is 2770. The highest BCUT2D eigenvalue weighted by Gasteiger charge is 2.51. The Morgan fingerprint density at radius 3 is 1.44 bits per heavy atom. The summed E-state index contributed by atoms with van der Waals surface area (Å²) < 4.78 is 13.0. The molecule has 0 radical (unpaired) electrons. The van der Waals surface area contributed by atoms with Crippen LogP contribution in [0.4, 0.5) is 0 Å². The van der Waals surface area contributed by atoms with E-state index >= 15 is 0 Å². The van der Waals surface area contributed by atoms with Gasteiger partial charge in [-0.1, -0.05) is 146 Å². The molecular weight excluding hydrogens is 631 g/mol. The topological polar surface area (TPSA) is 18.5 Å². The first-order valence-electron chi connectivity index (χ1n) is 18.0. The van der Waals surface area contributed by atoms with E-state index in [1.807, 2.05) is 18.2 Å². The normalized spacial score (nSPS) is 14.2. The number of hydrogen-bond donors (Lipinski definition) is 0. The molecule has 0 amide bonds. The molecule has 0 N–H and O–H groups in total. The second-order valence-electron chi connectivity index (χ2n) is 14.3. The van der Waals surface area contributed by atoms with Crippen LogP contribution in [0.15, 0.2) is 176 Å². The average Bonchev–Trinajstić information content (AvgIpc) is 3.68. The second-order valence-corrected chi connectivity index (χ2v) is 14.3. The molecule has 2 aliphatic carbocycles. The zero-order chi connectivity index (χ0) is 34.0. The summed E-state index contributed by atoms with van der Waals surface area (Å²) in [5.41, 5.74) is 18.4. The zero-order valence-corrected chi connectivity index (χ0v) is 28.1. The molecule has 0 atom stereocenters. The van der Waals surface area contributed by atoms with Crippen LogP contribution in [0, 0.1) is 0 Å². The van der Waals surface area contributed by atoms with Crippen LogP contribution in [-0.2, 0) is 5.41 Å². The highest BCUT2D eigenvalue weighted by atomic mass is 16.5. The fraction of sp³-hybridized carbons (Fsp3) is 0.0204. The van der Waals surface area contributed by atoms with Gasteiger partial charge in [0.05, 0.1) is 5.41 Å². The van der Waals surface area contributed by atoms with Crippen LogP contribution < -0.4 is 25.9 Å². The lowest BCUT2D eigenvalue weighted by Gasteiger charge is -2.33. The Hall–Kier alpha value is -6.58. The fourth-order valence-electron chi connectivity index (χ4n) is 9.79. The van der Waals surface area contributed by atoms with E-state index in [2.05, 4.69) is 158 Å². The molecule has 1 spiro atoms. The molecule has 12 rings (SSSR count). The smallest absolute Gasteiger partial charge is 0.260 e. The first-order chi connectivity index (χ1) is 25.8. The number of ether oxygens (including phenoxy) is 2. The molecule has 52 heavy (non-hydrogen) atoms. The van der Waals surface area contributed by atoms with E-state index in [1.165, 1.54) is 66.7 Å². The highest BCUT2D eigenvalue weighted by molar-refractivity contribution is 6.98. The Morgan fingerprint density at radius 1 is 0.327 bits per heavy atom. The van der Waals surface area contributed by atoms with E-state index < -0.39 is 0 Å². The summed E-state index contributed by atoms with van der Waals surface area (Å²) >= 11 is 0. The summed E-state index contributed by atoms with van der Waals surface area (Å²) in [6.45, 7) is 0.0518. The molecule has 240 valence electrons. The van der Waals surface area contributed by atoms with Crippen LogP contribution in [0.25, 0.3) is 44.5 Å². The van der Waals surface area contributed by atoms with Crippen LogP contribution in [0.3, 0.4) is 0 Å². The van der Waals surface area contributed by atoms with Crippen LogP contribution in [-0.4, -0.2) is 6.71 Å². The van der Waals surface area contributed by atoms with E-state index in [0.29, 0.717) is 0 Å². The summed E-state index contributed by atoms with van der Waals surface area (Å²) in [5, 5.41) is 0. The molecule has 8 aromatic rings. The van der Waals surface area contributed by atoms with Gasteiger partial charge >= 0.3 is 0 Å². The predicted molar refractivity (Wildman–Crippen MR) is 211 cm³/mol. The van der Waals surface area contributed by atoms with Gasteiger partial charge in [0, 0.05) is 5.46 Å². The highest BCUT2D eigenvalue weighted by Crippen LogP contribution is 2.63. The Morgan fingerprint density at radius 2 is 0.788 bits per heavy atom. The van der Waals surface area contributed by atoms with Crippen LogP contribution in [0.5, 0.6) is 23.0 Å². The van der Waals surface area contributed by atoms with Crippen LogP contribution in [0.1, 0.15) is 22.3 Å². The molecule has 3 heteroatoms. The summed E-state index contributed by atoms with van der Waals surface area (Å²) in [7, 11) is 0. The SMILES string of the molecule is c1ccc2c(c1)Oc1cccc3c1B2c1ccc(-c2ccccc2-c2ccc4c(c2)C2(c5ccccc5-c5ccccc52)c2ccccc2-4)cc1O3. The third-order valence-electron chi connectivity index (χ3n) is 11.9. The van der Waals surface area contributed by atoms with E-state index in [0.717, 1.165) is 39.5 Å². The summed E-state index contributed by atoms with van der Waals surface area (Å²) in [6, 6.07) is 64.2. The molecule has 0 aromatic heterocycles. The minimum atomic E-state index is -0.379. The lowest BCUT2D eigenvalue weighted by molar-refractivity contribution is 0.464. The van der Waals surface area contributed by atoms with Gasteiger partial charge in [-0.05, 0) is 108 Å². The van der Waals surface area contributed by atoms with Gasteiger partial charge in [0.15, 0.2) is 0 Å². The monoisotopic (exact) mass is 660 g/mol. The molecule has 0 unspecified atom stereocenters. The second kappa shape index (κ2) is 10.2. The third-order valence-corrected chi connectivity index (χ3v) is 11.9. The van der Waals surface area contributed by atoms with Crippen LogP contribution >= 0.6 is 0 Å². The van der Waals surface area contributed by atoms with Gasteiger partial charge in [-0.2, -0.15) is 0 Å². The molecular formula is C49H29BO2. The summed E-state index contributed by atoms with van der Waals surface area (Å²) in [6.07, 6.45) is 0. The molecule has 2 aliphatic heterocycles. The molecule has 2 nitrogen and oxygen atoms in total. The third kappa shape index (κ3) is 3.55. The van der Waals surface area contributed by atoms with Gasteiger partial charge in [0.1, 0.15) is 23.0 Å². The Labute approximate surface area is 302 Å². The number of rotatable bonds is 2. The number of benzene rings is 8. The van der Waals surface area contributed by atoms with Gasteiger partial charge in [0.25, 0.3) is 6.71 Å². The minimum absolute atomic E-state index is 0.0518. The lowest BCUT2D eigenvalue weighted by Crippen LogP contribution is -2.57. The van der Waals surface area contributed by atoms with E-state index in [1.54, 1.807) is 0 Å². The van der Waals surface area contributed by atoms with E-state index in [4.69, 9.17) is 9.47 Å². The van der Waals surface area contributed by atoms with Crippen molar-refractivity contribution in [1.29, 1.82) is 0 Å². The van der Waals surface area contributed by atoms with Crippen molar-refractivity contribution in [2.45, 2.75) is 5.41 Å². The Balaban J connectivity index is 1.04. The van der Waals surface area contributed by atoms with Gasteiger partial charge in [-0.3, -0.25) is 0 Å². The Kier molecular flexibility index (Phi) is 5.55. The van der Waals surface area contributed by atoms with Crippen molar-refractivity contribution in [3.05, 3.63) is 198 Å². The van der Waals surface area contributed by atoms with Gasteiger partial charge in [-0.15, -0.1) is 0 Å². The summed E-state index contributed by atoms with van der Waals surface area (Å²) in [4.78, 5) is 0. The first kappa shape index (κ1) is 28.2. The van der Waals surface area contributed by atoms with Gasteiger partial charge in [-0.25, -0.2) is 0 Å². The van der Waals surface area contributed by atoms with E-state index in [-0.39, 0.29) is 12.1 Å². The molecule has 2 heterocycles. The molecule has 8 aromatic carbocycles. The quantitative estimate of drug-likeness (QED) is 0.172. The van der Waals surface area contributed by atoms with Crippen molar-refractivity contribution in [2.75, 3.05) is 0 Å². The van der Waals surface area contributed by atoms with Crippen molar-refractivity contribution in [2.24, 2.45) is 0 Å². The van der Waals surface area contributed by atoms with Crippen molar-refractivity contribution in [1.82, 2.24) is 0 Å². The number of hydrogen-bond acceptors (Lipinski definition) is 2. The maximum absolute atomic E-state index is 6.69. The molecule has 0 fully saturated rings. The van der Waals surface area contributed by atoms with Gasteiger partial charge in [0.2, 0.25) is 0 Å². The minimum Gasteiger partial charge on any atom is -0.458 e. The van der Waals surface area contributed by atoms with Crippen LogP contribution in [0.2, 0.25) is 0 Å². The van der Waals surface area contributed by atoms with Crippen molar-refractivity contribution < 1.29 is 9.47 Å². The standard InChI is InChI=1S/C49H29BO2/c1-2-13-33(31-25-27-43-47(29-31)52-46-23-11-22-45-48(46)50(43)42-20-9-10-21-44(42)51-45)32(12-1)30-24-26-37-36-16-5-8-19-40(36)49(41(37)28-30)38-17-6-3-14-34(38)35-15-4-7-18-39(35)49/h1-29H. The number of fused-ring (bicyclic) bond motifs is 14. The lowest BCUT2D eigenvalue weighted by atomic mass is 9.35. The number of para-hydroxylation sites is 1. The first-order valence-corrected chi connectivity index (χ1v) is 18.0. The maximum Gasteiger partial charge on any atom is 0.260 e. The molecule has 0 saturated heterocycles. The van der Waals surface area contributed by atoms with Crippen molar-refractivity contribution in [3.63, 3.8) is 0 Å². The van der Waals surface area contributed by atoms with Crippen molar-refractivity contribution >= 4 is 23.1 Å². The van der Waals surface area contributed by atoms with Crippen molar-refractivity contribution in [3.8, 4) is 67.5 Å². The predicted octanol–water partition coefficient (Wildman–Crippen LogP) is 10.1. The van der Waals surface area contributed by atoms with E-state index in [9.17, 15) is 0 Å². The molecule has 4 aliphatic rings. The summed E-state index contributed by atoms with van der Waals surface area (Å²) in [5.74, 6) is 3.52. The fourth-order valence-corrected chi connectivity index (χ4v) is 9.79. The largest absolute Gasteiger partial charge is 0.458 e. The zero-order valence-electron chi connectivity index (χ0n) is 28.1. The molecule has 0 saturated carbocycles. The average molecular weight is 661 g/mol. The van der Waals surface area contributed by atoms with Gasteiger partial charge < -0.3 is 9.47 Å². The maximum atomic E-state index is 6.69. The molecule has 0 bridgehead atoms.